The van der Waals surface area contributed by atoms with E-state index in [-0.39, 0.29) is 6.61 Å². The van der Waals surface area contributed by atoms with Gasteiger partial charge in [0.05, 0.1) is 0 Å². The molecule has 1 aliphatic heterocycles. The molecule has 19 heavy (non-hydrogen) atoms. The van der Waals surface area contributed by atoms with Crippen molar-refractivity contribution in [2.45, 2.75) is 32.7 Å². The Kier molecular flexibility index (Phi) is 5.44. The Hall–Kier alpha value is -1.30. The summed E-state index contributed by atoms with van der Waals surface area (Å²) in [5.41, 5.74) is 2.33. The van der Waals surface area contributed by atoms with Crippen molar-refractivity contribution >= 4 is 0 Å². The number of rotatable bonds is 3. The highest BCUT2D eigenvalue weighted by atomic mass is 16.2. The summed E-state index contributed by atoms with van der Waals surface area (Å²) in [6.07, 6.45) is 4.01. The molecule has 1 heterocycles. The lowest BCUT2D eigenvalue weighted by Crippen LogP contribution is -2.32. The predicted octanol–water partition coefficient (Wildman–Crippen LogP) is 2.65. The van der Waals surface area contributed by atoms with Gasteiger partial charge >= 0.3 is 0 Å². The molecular weight excluding hydrogens is 234 g/mol. The smallest absolute Gasteiger partial charge is 0.104 e. The van der Waals surface area contributed by atoms with Crippen molar-refractivity contribution in [3.8, 4) is 11.8 Å². The summed E-state index contributed by atoms with van der Waals surface area (Å²) in [7, 11) is 0. The molecule has 102 valence electrons. The Bertz CT molecular complexity index is 433. The van der Waals surface area contributed by atoms with Crippen molar-refractivity contribution < 1.29 is 5.11 Å². The van der Waals surface area contributed by atoms with E-state index in [1.165, 1.54) is 37.9 Å². The van der Waals surface area contributed by atoms with Crippen molar-refractivity contribution in [2.75, 3.05) is 19.7 Å². The molecule has 0 aromatic heterocycles. The summed E-state index contributed by atoms with van der Waals surface area (Å²) in [4.78, 5) is 2.54. The van der Waals surface area contributed by atoms with Gasteiger partial charge in [-0.2, -0.15) is 0 Å². The summed E-state index contributed by atoms with van der Waals surface area (Å²) >= 11 is 0. The first-order valence-electron chi connectivity index (χ1n) is 7.23. The zero-order chi connectivity index (χ0) is 13.5. The van der Waals surface area contributed by atoms with Crippen LogP contribution in [0.2, 0.25) is 0 Å². The van der Waals surface area contributed by atoms with Crippen LogP contribution >= 0.6 is 0 Å². The van der Waals surface area contributed by atoms with Gasteiger partial charge in [-0.25, -0.2) is 0 Å². The maximum Gasteiger partial charge on any atom is 0.104 e. The predicted molar refractivity (Wildman–Crippen MR) is 78.7 cm³/mol. The summed E-state index contributed by atoms with van der Waals surface area (Å²) < 4.78 is 0. The monoisotopic (exact) mass is 257 g/mol. The Balaban J connectivity index is 1.86. The number of hydrogen-bond donors (Lipinski definition) is 1. The molecule has 1 fully saturated rings. The summed E-state index contributed by atoms with van der Waals surface area (Å²) in [6.45, 7) is 5.72. The second kappa shape index (κ2) is 7.33. The van der Waals surface area contributed by atoms with Crippen LogP contribution in [0.1, 0.15) is 37.3 Å². The number of aliphatic hydroxyl groups is 1. The summed E-state index contributed by atoms with van der Waals surface area (Å²) in [5, 5.41) is 8.66. The SMILES string of the molecule is CCC1CCN(Cc2ccc(C#CCO)cc2)CC1. The van der Waals surface area contributed by atoms with E-state index >= 15 is 0 Å². The number of hydrogen-bond acceptors (Lipinski definition) is 2. The van der Waals surface area contributed by atoms with E-state index in [0.717, 1.165) is 18.0 Å². The molecule has 1 saturated heterocycles. The molecule has 1 aromatic carbocycles. The highest BCUT2D eigenvalue weighted by molar-refractivity contribution is 5.36. The number of likely N-dealkylation sites (tertiary alicyclic amines) is 1. The Morgan fingerprint density at radius 2 is 1.89 bits per heavy atom. The zero-order valence-corrected chi connectivity index (χ0v) is 11.7. The molecule has 0 aliphatic carbocycles. The first-order chi connectivity index (χ1) is 9.31. The normalized spacial score (nSPS) is 16.9. The third-order valence-electron chi connectivity index (χ3n) is 3.96. The molecule has 0 bridgehead atoms. The minimum Gasteiger partial charge on any atom is -0.384 e. The topological polar surface area (TPSA) is 23.5 Å². The van der Waals surface area contributed by atoms with Crippen molar-refractivity contribution in [2.24, 2.45) is 5.92 Å². The highest BCUT2D eigenvalue weighted by Gasteiger charge is 2.17. The van der Waals surface area contributed by atoms with E-state index < -0.39 is 0 Å². The summed E-state index contributed by atoms with van der Waals surface area (Å²) in [5.74, 6) is 6.53. The zero-order valence-electron chi connectivity index (χ0n) is 11.7. The van der Waals surface area contributed by atoms with Crippen LogP contribution in [0.5, 0.6) is 0 Å². The fourth-order valence-corrected chi connectivity index (χ4v) is 2.65. The van der Waals surface area contributed by atoms with Gasteiger partial charge in [0.15, 0.2) is 0 Å². The van der Waals surface area contributed by atoms with Crippen molar-refractivity contribution in [1.29, 1.82) is 0 Å². The number of aliphatic hydroxyl groups excluding tert-OH is 1. The van der Waals surface area contributed by atoms with E-state index in [2.05, 4.69) is 35.8 Å². The molecule has 0 amide bonds. The second-order valence-corrected chi connectivity index (χ2v) is 5.28. The number of benzene rings is 1. The average Bonchev–Trinajstić information content (AvgIpc) is 2.47. The molecule has 2 rings (SSSR count). The fourth-order valence-electron chi connectivity index (χ4n) is 2.65. The van der Waals surface area contributed by atoms with Crippen molar-refractivity contribution in [3.05, 3.63) is 35.4 Å². The lowest BCUT2D eigenvalue weighted by Gasteiger charge is -2.31. The molecule has 0 unspecified atom stereocenters. The fraction of sp³-hybridized carbons (Fsp3) is 0.529. The van der Waals surface area contributed by atoms with E-state index in [9.17, 15) is 0 Å². The molecule has 1 aliphatic rings. The van der Waals surface area contributed by atoms with E-state index in [1.807, 2.05) is 12.1 Å². The van der Waals surface area contributed by atoms with Crippen LogP contribution in [0, 0.1) is 17.8 Å². The van der Waals surface area contributed by atoms with Gasteiger partial charge in [0.1, 0.15) is 6.61 Å². The lowest BCUT2D eigenvalue weighted by atomic mass is 9.94. The molecule has 0 atom stereocenters. The molecule has 0 saturated carbocycles. The number of nitrogens with zero attached hydrogens (tertiary/aromatic N) is 1. The van der Waals surface area contributed by atoms with E-state index in [1.54, 1.807) is 0 Å². The van der Waals surface area contributed by atoms with E-state index in [4.69, 9.17) is 5.11 Å². The van der Waals surface area contributed by atoms with Gasteiger partial charge < -0.3 is 5.11 Å². The van der Waals surface area contributed by atoms with Crippen LogP contribution < -0.4 is 0 Å². The largest absolute Gasteiger partial charge is 0.384 e. The van der Waals surface area contributed by atoms with Gasteiger partial charge in [0.25, 0.3) is 0 Å². The van der Waals surface area contributed by atoms with Gasteiger partial charge in [-0.15, -0.1) is 0 Å². The van der Waals surface area contributed by atoms with Gasteiger partial charge in [0.2, 0.25) is 0 Å². The summed E-state index contributed by atoms with van der Waals surface area (Å²) in [6, 6.07) is 8.37. The van der Waals surface area contributed by atoms with Crippen molar-refractivity contribution in [3.63, 3.8) is 0 Å². The minimum atomic E-state index is -0.0753. The molecule has 1 aromatic rings. The molecule has 2 heteroatoms. The lowest BCUT2D eigenvalue weighted by molar-refractivity contribution is 0.175. The van der Waals surface area contributed by atoms with Gasteiger partial charge in [-0.3, -0.25) is 4.90 Å². The second-order valence-electron chi connectivity index (χ2n) is 5.28. The molecular formula is C17H23NO. The van der Waals surface area contributed by atoms with Crippen LogP contribution in [0.4, 0.5) is 0 Å². The molecule has 0 spiro atoms. The number of piperidine rings is 1. The van der Waals surface area contributed by atoms with E-state index in [0.29, 0.717) is 0 Å². The molecule has 1 N–H and O–H groups in total. The van der Waals surface area contributed by atoms with Crippen LogP contribution in [0.25, 0.3) is 0 Å². The Morgan fingerprint density at radius 1 is 1.21 bits per heavy atom. The minimum absolute atomic E-state index is 0.0753. The first kappa shape index (κ1) is 14.1. The third kappa shape index (κ3) is 4.38. The van der Waals surface area contributed by atoms with Gasteiger partial charge in [-0.1, -0.05) is 37.3 Å². The highest BCUT2D eigenvalue weighted by Crippen LogP contribution is 2.21. The van der Waals surface area contributed by atoms with Gasteiger partial charge in [-0.05, 0) is 49.5 Å². The standard InChI is InChI=1S/C17H23NO/c1-2-15-9-11-18(12-10-15)14-17-7-5-16(6-8-17)4-3-13-19/h5-8,15,19H,2,9-14H2,1H3. The quantitative estimate of drug-likeness (QED) is 0.842. The molecule has 2 nitrogen and oxygen atoms in total. The maximum absolute atomic E-state index is 8.66. The maximum atomic E-state index is 8.66. The molecule has 0 radical (unpaired) electrons. The van der Waals surface area contributed by atoms with Gasteiger partial charge in [0, 0.05) is 12.1 Å². The van der Waals surface area contributed by atoms with Crippen molar-refractivity contribution in [1.82, 2.24) is 4.90 Å². The average molecular weight is 257 g/mol. The Morgan fingerprint density at radius 3 is 2.47 bits per heavy atom. The Labute approximate surface area is 116 Å². The van der Waals surface area contributed by atoms with Crippen LogP contribution in [0.3, 0.4) is 0 Å². The third-order valence-corrected chi connectivity index (χ3v) is 3.96. The van der Waals surface area contributed by atoms with Crippen LogP contribution in [-0.4, -0.2) is 29.7 Å². The van der Waals surface area contributed by atoms with Crippen LogP contribution in [-0.2, 0) is 6.54 Å². The first-order valence-corrected chi connectivity index (χ1v) is 7.23. The van der Waals surface area contributed by atoms with Crippen LogP contribution in [0.15, 0.2) is 24.3 Å².